The summed E-state index contributed by atoms with van der Waals surface area (Å²) in [5, 5.41) is 0. The van der Waals surface area contributed by atoms with Gasteiger partial charge in [-0.25, -0.2) is 0 Å². The van der Waals surface area contributed by atoms with Crippen molar-refractivity contribution in [3.8, 4) is 0 Å². The summed E-state index contributed by atoms with van der Waals surface area (Å²) >= 11 is 0. The second-order valence-corrected chi connectivity index (χ2v) is 7.51. The zero-order valence-electron chi connectivity index (χ0n) is 18.2. The summed E-state index contributed by atoms with van der Waals surface area (Å²) in [6.07, 6.45) is 16.8. The maximum atomic E-state index is 12.5. The summed E-state index contributed by atoms with van der Waals surface area (Å²) in [6, 6.07) is 0. The summed E-state index contributed by atoms with van der Waals surface area (Å²) in [5.74, 6) is -1.02. The SMILES string of the molecule is CC=CC(C)(C(=O)OCCCCCCCC)C(=O)OCCCCCCCC. The van der Waals surface area contributed by atoms with Crippen molar-refractivity contribution in [3.63, 3.8) is 0 Å². The van der Waals surface area contributed by atoms with E-state index in [0.29, 0.717) is 13.2 Å². The van der Waals surface area contributed by atoms with Crippen molar-refractivity contribution < 1.29 is 19.1 Å². The molecule has 0 saturated carbocycles. The zero-order chi connectivity index (χ0) is 20.4. The molecule has 0 aromatic rings. The van der Waals surface area contributed by atoms with Crippen molar-refractivity contribution in [2.45, 2.75) is 105 Å². The Labute approximate surface area is 167 Å². The number of unbranched alkanes of at least 4 members (excludes halogenated alkanes) is 10. The Morgan fingerprint density at radius 2 is 1.07 bits per heavy atom. The normalized spacial score (nSPS) is 11.7. The molecule has 0 heterocycles. The molecule has 27 heavy (non-hydrogen) atoms. The molecule has 0 aromatic heterocycles. The first kappa shape index (κ1) is 25.7. The number of carbonyl (C=O) groups is 2. The first-order valence-electron chi connectivity index (χ1n) is 11.0. The van der Waals surface area contributed by atoms with Gasteiger partial charge in [0.25, 0.3) is 0 Å². The van der Waals surface area contributed by atoms with Gasteiger partial charge in [0, 0.05) is 0 Å². The van der Waals surface area contributed by atoms with Crippen LogP contribution in [0.4, 0.5) is 0 Å². The summed E-state index contributed by atoms with van der Waals surface area (Å²) in [4.78, 5) is 24.9. The molecule has 4 heteroatoms. The zero-order valence-corrected chi connectivity index (χ0v) is 18.2. The maximum Gasteiger partial charge on any atom is 0.327 e. The summed E-state index contributed by atoms with van der Waals surface area (Å²) in [6.45, 7) is 8.48. The van der Waals surface area contributed by atoms with Gasteiger partial charge in [0.1, 0.15) is 0 Å². The van der Waals surface area contributed by atoms with Crippen LogP contribution >= 0.6 is 0 Å². The molecule has 0 rings (SSSR count). The van der Waals surface area contributed by atoms with E-state index in [2.05, 4.69) is 13.8 Å². The minimum absolute atomic E-state index is 0.364. The van der Waals surface area contributed by atoms with E-state index in [-0.39, 0.29) is 0 Å². The van der Waals surface area contributed by atoms with Crippen molar-refractivity contribution in [1.82, 2.24) is 0 Å². The highest BCUT2D eigenvalue weighted by molar-refractivity contribution is 6.01. The fourth-order valence-corrected chi connectivity index (χ4v) is 2.95. The van der Waals surface area contributed by atoms with Gasteiger partial charge < -0.3 is 9.47 Å². The molecule has 158 valence electrons. The molecule has 0 aliphatic rings. The van der Waals surface area contributed by atoms with Gasteiger partial charge in [-0.1, -0.05) is 90.2 Å². The van der Waals surface area contributed by atoms with Gasteiger partial charge in [-0.05, 0) is 26.7 Å². The van der Waals surface area contributed by atoms with Gasteiger partial charge in [-0.3, -0.25) is 9.59 Å². The molecule has 0 bridgehead atoms. The minimum atomic E-state index is -1.35. The second kappa shape index (κ2) is 16.8. The molecule has 0 aliphatic carbocycles. The lowest BCUT2D eigenvalue weighted by Gasteiger charge is -2.22. The monoisotopic (exact) mass is 382 g/mol. The van der Waals surface area contributed by atoms with Crippen LogP contribution in [-0.2, 0) is 19.1 Å². The van der Waals surface area contributed by atoms with Crippen LogP contribution in [0.3, 0.4) is 0 Å². The Hall–Kier alpha value is -1.32. The highest BCUT2D eigenvalue weighted by Crippen LogP contribution is 2.23. The van der Waals surface area contributed by atoms with E-state index in [1.54, 1.807) is 26.0 Å². The number of allylic oxidation sites excluding steroid dienone is 1. The Bertz CT molecular complexity index is 385. The standard InChI is InChI=1S/C23H42O4/c1-5-8-10-12-14-16-19-26-21(24)23(4,18-7-3)22(25)27-20-17-15-13-11-9-6-2/h7,18H,5-6,8-17,19-20H2,1-4H3. The van der Waals surface area contributed by atoms with Crippen LogP contribution in [0, 0.1) is 5.41 Å². The fraction of sp³-hybridized carbons (Fsp3) is 0.826. The number of hydrogen-bond acceptors (Lipinski definition) is 4. The van der Waals surface area contributed by atoms with Gasteiger partial charge in [-0.15, -0.1) is 0 Å². The first-order valence-corrected chi connectivity index (χ1v) is 11.0. The van der Waals surface area contributed by atoms with E-state index in [4.69, 9.17) is 9.47 Å². The van der Waals surface area contributed by atoms with Crippen molar-refractivity contribution in [3.05, 3.63) is 12.2 Å². The molecule has 4 nitrogen and oxygen atoms in total. The van der Waals surface area contributed by atoms with E-state index in [0.717, 1.165) is 38.5 Å². The predicted molar refractivity (Wildman–Crippen MR) is 112 cm³/mol. The predicted octanol–water partition coefficient (Wildman–Crippen LogP) is 6.38. The van der Waals surface area contributed by atoms with E-state index in [9.17, 15) is 9.59 Å². The molecular weight excluding hydrogens is 340 g/mol. The molecule has 0 fully saturated rings. The largest absolute Gasteiger partial charge is 0.465 e. The molecule has 0 atom stereocenters. The molecular formula is C23H42O4. The molecule has 0 spiro atoms. The molecule has 0 amide bonds. The topological polar surface area (TPSA) is 52.6 Å². The Balaban J connectivity index is 4.21. The lowest BCUT2D eigenvalue weighted by molar-refractivity contribution is -0.167. The lowest BCUT2D eigenvalue weighted by Crippen LogP contribution is -2.38. The number of rotatable bonds is 17. The second-order valence-electron chi connectivity index (χ2n) is 7.51. The number of hydrogen-bond donors (Lipinski definition) is 0. The van der Waals surface area contributed by atoms with Gasteiger partial charge in [0.15, 0.2) is 5.41 Å². The highest BCUT2D eigenvalue weighted by Gasteiger charge is 2.41. The van der Waals surface area contributed by atoms with Gasteiger partial charge >= 0.3 is 11.9 Å². The average Bonchev–Trinajstić information content (AvgIpc) is 2.66. The van der Waals surface area contributed by atoms with Crippen LogP contribution in [0.1, 0.15) is 105 Å². The van der Waals surface area contributed by atoms with Crippen LogP contribution < -0.4 is 0 Å². The van der Waals surface area contributed by atoms with Gasteiger partial charge in [0.05, 0.1) is 13.2 Å². The van der Waals surface area contributed by atoms with E-state index in [1.165, 1.54) is 38.5 Å². The van der Waals surface area contributed by atoms with E-state index < -0.39 is 17.4 Å². The van der Waals surface area contributed by atoms with Crippen LogP contribution in [0.5, 0.6) is 0 Å². The van der Waals surface area contributed by atoms with Crippen molar-refractivity contribution in [2.24, 2.45) is 5.41 Å². The molecule has 0 aliphatic heterocycles. The number of carbonyl (C=O) groups excluding carboxylic acids is 2. The van der Waals surface area contributed by atoms with Crippen molar-refractivity contribution in [2.75, 3.05) is 13.2 Å². The van der Waals surface area contributed by atoms with Crippen LogP contribution in [0.25, 0.3) is 0 Å². The summed E-state index contributed by atoms with van der Waals surface area (Å²) < 4.78 is 10.7. The van der Waals surface area contributed by atoms with Crippen LogP contribution in [0.2, 0.25) is 0 Å². The molecule has 0 N–H and O–H groups in total. The van der Waals surface area contributed by atoms with E-state index >= 15 is 0 Å². The average molecular weight is 383 g/mol. The Kier molecular flexibility index (Phi) is 16.0. The quantitative estimate of drug-likeness (QED) is 0.127. The number of ether oxygens (including phenoxy) is 2. The number of esters is 2. The molecule has 0 saturated heterocycles. The van der Waals surface area contributed by atoms with Crippen LogP contribution in [-0.4, -0.2) is 25.2 Å². The van der Waals surface area contributed by atoms with Gasteiger partial charge in [-0.2, -0.15) is 0 Å². The molecule has 0 aromatic carbocycles. The minimum Gasteiger partial charge on any atom is -0.465 e. The Morgan fingerprint density at radius 3 is 1.44 bits per heavy atom. The lowest BCUT2D eigenvalue weighted by atomic mass is 9.90. The van der Waals surface area contributed by atoms with Crippen LogP contribution in [0.15, 0.2) is 12.2 Å². The highest BCUT2D eigenvalue weighted by atomic mass is 16.6. The van der Waals surface area contributed by atoms with Gasteiger partial charge in [0.2, 0.25) is 0 Å². The third kappa shape index (κ3) is 11.9. The smallest absolute Gasteiger partial charge is 0.327 e. The van der Waals surface area contributed by atoms with E-state index in [1.807, 2.05) is 0 Å². The first-order chi connectivity index (χ1) is 13.0. The third-order valence-corrected chi connectivity index (χ3v) is 4.81. The molecule has 0 radical (unpaired) electrons. The third-order valence-electron chi connectivity index (χ3n) is 4.81. The van der Waals surface area contributed by atoms with Crippen molar-refractivity contribution >= 4 is 11.9 Å². The fourth-order valence-electron chi connectivity index (χ4n) is 2.95. The van der Waals surface area contributed by atoms with Crippen molar-refractivity contribution in [1.29, 1.82) is 0 Å². The maximum absolute atomic E-state index is 12.5. The molecule has 0 unspecified atom stereocenters. The Morgan fingerprint density at radius 1 is 0.704 bits per heavy atom. The summed E-state index contributed by atoms with van der Waals surface area (Å²) in [5.41, 5.74) is -1.35. The summed E-state index contributed by atoms with van der Waals surface area (Å²) in [7, 11) is 0.